The van der Waals surface area contributed by atoms with Crippen LogP contribution in [0.25, 0.3) is 5.57 Å². The molecule has 0 aliphatic carbocycles. The molecule has 4 heteroatoms. The number of ether oxygens (including phenoxy) is 2. The monoisotopic (exact) mass is 305 g/mol. The van der Waals surface area contributed by atoms with E-state index in [-0.39, 0.29) is 5.91 Å². The number of nitrogens with zero attached hydrogens (tertiary/aromatic N) is 1. The number of carbonyl (C=O) groups excluding carboxylic acids is 1. The molecular weight excluding hydrogens is 278 g/mol. The van der Waals surface area contributed by atoms with Gasteiger partial charge >= 0.3 is 0 Å². The molecule has 0 unspecified atom stereocenters. The zero-order valence-electron chi connectivity index (χ0n) is 14.3. The summed E-state index contributed by atoms with van der Waals surface area (Å²) >= 11 is 0. The number of benzene rings is 1. The summed E-state index contributed by atoms with van der Waals surface area (Å²) in [6, 6.07) is 5.61. The molecule has 0 radical (unpaired) electrons. The maximum atomic E-state index is 12.4. The van der Waals surface area contributed by atoms with Gasteiger partial charge in [-0.25, -0.2) is 0 Å². The van der Waals surface area contributed by atoms with Crippen LogP contribution in [0.1, 0.15) is 39.2 Å². The lowest BCUT2D eigenvalue weighted by atomic mass is 10.1. The third-order valence-corrected chi connectivity index (χ3v) is 3.47. The van der Waals surface area contributed by atoms with Crippen molar-refractivity contribution in [2.24, 2.45) is 0 Å². The lowest BCUT2D eigenvalue weighted by Crippen LogP contribution is -2.31. The zero-order valence-corrected chi connectivity index (χ0v) is 14.3. The van der Waals surface area contributed by atoms with Gasteiger partial charge in [-0.05, 0) is 37.5 Å². The molecule has 0 aliphatic rings. The molecule has 4 nitrogen and oxygen atoms in total. The van der Waals surface area contributed by atoms with Crippen LogP contribution in [-0.4, -0.2) is 38.1 Å². The second kappa shape index (κ2) is 9.13. The lowest BCUT2D eigenvalue weighted by Gasteiger charge is -2.20. The molecule has 0 fully saturated rings. The fraction of sp³-hybridized carbons (Fsp3) is 0.500. The van der Waals surface area contributed by atoms with E-state index in [1.807, 2.05) is 30.0 Å². The normalized spacial score (nSPS) is 11.2. The molecule has 0 N–H and O–H groups in total. The van der Waals surface area contributed by atoms with E-state index in [0.717, 1.165) is 42.8 Å². The minimum absolute atomic E-state index is 0.0547. The number of methoxy groups -OCH3 is 2. The molecule has 0 aromatic heterocycles. The van der Waals surface area contributed by atoms with E-state index in [9.17, 15) is 4.79 Å². The summed E-state index contributed by atoms with van der Waals surface area (Å²) in [6.45, 7) is 7.67. The van der Waals surface area contributed by atoms with Gasteiger partial charge in [-0.2, -0.15) is 0 Å². The van der Waals surface area contributed by atoms with Crippen molar-refractivity contribution in [2.75, 3.05) is 27.3 Å². The van der Waals surface area contributed by atoms with E-state index >= 15 is 0 Å². The smallest absolute Gasteiger partial charge is 0.246 e. The average molecular weight is 305 g/mol. The van der Waals surface area contributed by atoms with Crippen molar-refractivity contribution in [3.05, 3.63) is 29.8 Å². The van der Waals surface area contributed by atoms with E-state index < -0.39 is 0 Å². The fourth-order valence-electron chi connectivity index (χ4n) is 2.35. The van der Waals surface area contributed by atoms with Crippen molar-refractivity contribution in [1.82, 2.24) is 4.90 Å². The Labute approximate surface area is 133 Å². The first kappa shape index (κ1) is 18.1. The van der Waals surface area contributed by atoms with Crippen molar-refractivity contribution in [3.8, 4) is 11.5 Å². The number of amides is 1. The van der Waals surface area contributed by atoms with Crippen LogP contribution in [0.2, 0.25) is 0 Å². The molecule has 0 saturated carbocycles. The Balaban J connectivity index is 3.02. The van der Waals surface area contributed by atoms with Crippen LogP contribution in [0.5, 0.6) is 11.5 Å². The summed E-state index contributed by atoms with van der Waals surface area (Å²) in [6.07, 6.45) is 3.62. The van der Waals surface area contributed by atoms with Crippen molar-refractivity contribution in [3.63, 3.8) is 0 Å². The molecular formula is C18H27NO3. The standard InChI is InChI=1S/C18H27NO3/c1-6-10-19(11-7-2)18(20)12-14(3)16-9-8-15(21-4)13-17(16)22-5/h8-9,12-13H,6-7,10-11H2,1-5H3/b14-12+. The minimum atomic E-state index is 0.0547. The number of allylic oxidation sites excluding steroid dienone is 1. The van der Waals surface area contributed by atoms with E-state index in [1.165, 1.54) is 0 Å². The maximum absolute atomic E-state index is 12.4. The Morgan fingerprint density at radius 2 is 1.77 bits per heavy atom. The molecule has 1 aromatic rings. The van der Waals surface area contributed by atoms with Gasteiger partial charge in [0.2, 0.25) is 5.91 Å². The second-order valence-electron chi connectivity index (χ2n) is 5.22. The zero-order chi connectivity index (χ0) is 16.5. The molecule has 1 rings (SSSR count). The van der Waals surface area contributed by atoms with E-state index in [1.54, 1.807) is 20.3 Å². The molecule has 22 heavy (non-hydrogen) atoms. The molecule has 1 amide bonds. The molecule has 0 spiro atoms. The third kappa shape index (κ3) is 4.79. The SMILES string of the molecule is CCCN(CCC)C(=O)/C=C(\C)c1ccc(OC)cc1OC. The first-order valence-electron chi connectivity index (χ1n) is 7.76. The highest BCUT2D eigenvalue weighted by molar-refractivity contribution is 5.95. The van der Waals surface area contributed by atoms with Crippen LogP contribution < -0.4 is 9.47 Å². The van der Waals surface area contributed by atoms with Crippen molar-refractivity contribution in [1.29, 1.82) is 0 Å². The fourth-order valence-corrected chi connectivity index (χ4v) is 2.35. The topological polar surface area (TPSA) is 38.8 Å². The predicted octanol–water partition coefficient (Wildman–Crippen LogP) is 3.76. The maximum Gasteiger partial charge on any atom is 0.246 e. The minimum Gasteiger partial charge on any atom is -0.497 e. The Morgan fingerprint density at radius 3 is 2.27 bits per heavy atom. The first-order chi connectivity index (χ1) is 10.6. The highest BCUT2D eigenvalue weighted by atomic mass is 16.5. The number of carbonyl (C=O) groups is 1. The Morgan fingerprint density at radius 1 is 1.14 bits per heavy atom. The largest absolute Gasteiger partial charge is 0.497 e. The van der Waals surface area contributed by atoms with Crippen LogP contribution in [0.4, 0.5) is 0 Å². The van der Waals surface area contributed by atoms with E-state index in [4.69, 9.17) is 9.47 Å². The van der Waals surface area contributed by atoms with Crippen LogP contribution in [-0.2, 0) is 4.79 Å². The summed E-state index contributed by atoms with van der Waals surface area (Å²) in [4.78, 5) is 14.3. The quantitative estimate of drug-likeness (QED) is 0.687. The Bertz CT molecular complexity index is 517. The highest BCUT2D eigenvalue weighted by Crippen LogP contribution is 2.29. The first-order valence-corrected chi connectivity index (χ1v) is 7.76. The Kier molecular flexibility index (Phi) is 7.50. The second-order valence-corrected chi connectivity index (χ2v) is 5.22. The van der Waals surface area contributed by atoms with Crippen molar-refractivity contribution >= 4 is 11.5 Å². The van der Waals surface area contributed by atoms with Crippen LogP contribution in [0.15, 0.2) is 24.3 Å². The molecule has 0 bridgehead atoms. The molecule has 0 saturated heterocycles. The van der Waals surface area contributed by atoms with E-state index in [2.05, 4.69) is 13.8 Å². The van der Waals surface area contributed by atoms with E-state index in [0.29, 0.717) is 5.75 Å². The van der Waals surface area contributed by atoms with Gasteiger partial charge in [-0.1, -0.05) is 13.8 Å². The average Bonchev–Trinajstić information content (AvgIpc) is 2.53. The van der Waals surface area contributed by atoms with Crippen LogP contribution in [0.3, 0.4) is 0 Å². The molecule has 0 heterocycles. The summed E-state index contributed by atoms with van der Waals surface area (Å²) in [5, 5.41) is 0. The van der Waals surface area contributed by atoms with Crippen LogP contribution in [0, 0.1) is 0 Å². The highest BCUT2D eigenvalue weighted by Gasteiger charge is 2.12. The number of hydrogen-bond acceptors (Lipinski definition) is 3. The van der Waals surface area contributed by atoms with Gasteiger partial charge in [-0.3, -0.25) is 4.79 Å². The number of rotatable bonds is 8. The molecule has 122 valence electrons. The van der Waals surface area contributed by atoms with Crippen molar-refractivity contribution in [2.45, 2.75) is 33.6 Å². The molecule has 0 aliphatic heterocycles. The van der Waals surface area contributed by atoms with Gasteiger partial charge in [0.25, 0.3) is 0 Å². The summed E-state index contributed by atoms with van der Waals surface area (Å²) in [5.74, 6) is 1.50. The van der Waals surface area contributed by atoms with Gasteiger partial charge in [-0.15, -0.1) is 0 Å². The molecule has 1 aromatic carbocycles. The third-order valence-electron chi connectivity index (χ3n) is 3.47. The number of hydrogen-bond donors (Lipinski definition) is 0. The van der Waals surface area contributed by atoms with Gasteiger partial charge in [0.15, 0.2) is 0 Å². The van der Waals surface area contributed by atoms with Crippen molar-refractivity contribution < 1.29 is 14.3 Å². The summed E-state index contributed by atoms with van der Waals surface area (Å²) < 4.78 is 10.6. The lowest BCUT2D eigenvalue weighted by molar-refractivity contribution is -0.126. The molecule has 0 atom stereocenters. The summed E-state index contributed by atoms with van der Waals surface area (Å²) in [5.41, 5.74) is 1.80. The summed E-state index contributed by atoms with van der Waals surface area (Å²) in [7, 11) is 3.24. The van der Waals surface area contributed by atoms with Gasteiger partial charge in [0, 0.05) is 30.8 Å². The van der Waals surface area contributed by atoms with Gasteiger partial charge in [0.05, 0.1) is 14.2 Å². The van der Waals surface area contributed by atoms with Gasteiger partial charge in [0.1, 0.15) is 11.5 Å². The predicted molar refractivity (Wildman–Crippen MR) is 90.4 cm³/mol. The Hall–Kier alpha value is -1.97. The van der Waals surface area contributed by atoms with Gasteiger partial charge < -0.3 is 14.4 Å². The van der Waals surface area contributed by atoms with Crippen LogP contribution >= 0.6 is 0 Å².